The highest BCUT2D eigenvalue weighted by Crippen LogP contribution is 2.38. The lowest BCUT2D eigenvalue weighted by Crippen LogP contribution is -2.25. The van der Waals surface area contributed by atoms with Crippen molar-refractivity contribution in [1.29, 1.82) is 5.26 Å². The highest BCUT2D eigenvalue weighted by molar-refractivity contribution is 9.10. The average molecular weight is 588 g/mol. The number of ether oxygens (including phenoxy) is 2. The smallest absolute Gasteiger partial charge is 0.261 e. The summed E-state index contributed by atoms with van der Waals surface area (Å²) in [5, 5.41) is 13.3. The molecule has 0 atom stereocenters. The molecular weight excluding hydrogens is 563 g/mol. The van der Waals surface area contributed by atoms with E-state index >= 15 is 0 Å². The Labute approximate surface area is 229 Å². The monoisotopic (exact) mass is 586 g/mol. The van der Waals surface area contributed by atoms with E-state index in [0.717, 1.165) is 18.4 Å². The predicted octanol–water partition coefficient (Wildman–Crippen LogP) is 7.39. The zero-order chi connectivity index (χ0) is 25.9. The minimum atomic E-state index is -0.417. The maximum atomic E-state index is 12.6. The van der Waals surface area contributed by atoms with Crippen molar-refractivity contribution in [3.8, 4) is 17.6 Å². The molecule has 0 saturated carbocycles. The first-order valence-electron chi connectivity index (χ1n) is 11.4. The molecule has 0 radical (unpaired) electrons. The van der Waals surface area contributed by atoms with Crippen molar-refractivity contribution in [2.45, 2.75) is 26.4 Å². The van der Waals surface area contributed by atoms with Gasteiger partial charge in [-0.2, -0.15) is 5.26 Å². The fourth-order valence-corrected chi connectivity index (χ4v) is 4.30. The van der Waals surface area contributed by atoms with Crippen LogP contribution in [0.25, 0.3) is 6.08 Å². The Morgan fingerprint density at radius 2 is 1.83 bits per heavy atom. The van der Waals surface area contributed by atoms with Crippen LogP contribution in [0.5, 0.6) is 11.5 Å². The number of amides is 1. The van der Waals surface area contributed by atoms with Gasteiger partial charge in [0.15, 0.2) is 11.5 Å². The van der Waals surface area contributed by atoms with Crippen LogP contribution in [0.1, 0.15) is 30.0 Å². The van der Waals surface area contributed by atoms with E-state index in [4.69, 9.17) is 32.7 Å². The number of nitrogens with one attached hydrogen (secondary N) is 1. The zero-order valence-corrected chi connectivity index (χ0v) is 22.8. The fraction of sp³-hybridized carbons (Fsp3) is 0.214. The average Bonchev–Trinajstić information content (AvgIpc) is 2.87. The highest BCUT2D eigenvalue weighted by Gasteiger charge is 2.15. The van der Waals surface area contributed by atoms with Crippen LogP contribution in [0.4, 0.5) is 0 Å². The number of nitriles is 1. The van der Waals surface area contributed by atoms with Crippen molar-refractivity contribution in [2.75, 3.05) is 13.2 Å². The van der Waals surface area contributed by atoms with Crippen molar-refractivity contribution in [1.82, 2.24) is 5.32 Å². The molecule has 1 amide bonds. The number of rotatable bonds is 11. The molecule has 0 aromatic heterocycles. The summed E-state index contributed by atoms with van der Waals surface area (Å²) in [7, 11) is 0. The zero-order valence-electron chi connectivity index (χ0n) is 19.7. The van der Waals surface area contributed by atoms with E-state index in [1.807, 2.05) is 49.4 Å². The Balaban J connectivity index is 1.69. The molecule has 8 heteroatoms. The van der Waals surface area contributed by atoms with Crippen LogP contribution < -0.4 is 14.8 Å². The standard InChI is InChI=1S/C28H25BrCl2N2O3/c1-2-35-26-16-21(14-23(29)27(26)36-18-20-10-11-24(30)25(31)15-20)13-22(17-32)28(34)33-12-6-9-19-7-4-3-5-8-19/h3-5,7-8,10-11,13-16H,2,6,9,12,18H2,1H3,(H,33,34)/b22-13-. The minimum Gasteiger partial charge on any atom is -0.490 e. The van der Waals surface area contributed by atoms with E-state index in [2.05, 4.69) is 21.2 Å². The van der Waals surface area contributed by atoms with Crippen LogP contribution in [-0.2, 0) is 17.8 Å². The van der Waals surface area contributed by atoms with E-state index < -0.39 is 5.91 Å². The van der Waals surface area contributed by atoms with Gasteiger partial charge < -0.3 is 14.8 Å². The first kappa shape index (κ1) is 27.6. The second kappa shape index (κ2) is 13.9. The lowest BCUT2D eigenvalue weighted by Gasteiger charge is -2.15. The summed E-state index contributed by atoms with van der Waals surface area (Å²) >= 11 is 15.6. The molecule has 3 rings (SSSR count). The molecule has 0 aliphatic rings. The number of halogens is 3. The summed E-state index contributed by atoms with van der Waals surface area (Å²) in [6.45, 7) is 3.00. The predicted molar refractivity (Wildman–Crippen MR) is 147 cm³/mol. The largest absolute Gasteiger partial charge is 0.490 e. The van der Waals surface area contributed by atoms with Gasteiger partial charge in [-0.15, -0.1) is 0 Å². The summed E-state index contributed by atoms with van der Waals surface area (Å²) < 4.78 is 12.4. The van der Waals surface area contributed by atoms with E-state index in [1.54, 1.807) is 24.3 Å². The van der Waals surface area contributed by atoms with E-state index in [-0.39, 0.29) is 12.2 Å². The SMILES string of the molecule is CCOc1cc(/C=C(/C#N)C(=O)NCCCc2ccccc2)cc(Br)c1OCc1ccc(Cl)c(Cl)c1. The molecule has 0 spiro atoms. The van der Waals surface area contributed by atoms with Crippen molar-refractivity contribution in [2.24, 2.45) is 0 Å². The first-order valence-corrected chi connectivity index (χ1v) is 12.9. The highest BCUT2D eigenvalue weighted by atomic mass is 79.9. The third-order valence-corrected chi connectivity index (χ3v) is 6.47. The van der Waals surface area contributed by atoms with Gasteiger partial charge in [0.1, 0.15) is 18.2 Å². The first-order chi connectivity index (χ1) is 17.4. The Bertz CT molecular complexity index is 1270. The van der Waals surface area contributed by atoms with Crippen LogP contribution in [0.2, 0.25) is 10.0 Å². The molecule has 0 heterocycles. The van der Waals surface area contributed by atoms with Gasteiger partial charge in [0.2, 0.25) is 0 Å². The lowest BCUT2D eigenvalue weighted by atomic mass is 10.1. The van der Waals surface area contributed by atoms with E-state index in [0.29, 0.717) is 44.7 Å². The normalized spacial score (nSPS) is 11.0. The minimum absolute atomic E-state index is 0.00790. The second-order valence-electron chi connectivity index (χ2n) is 7.82. The Hall–Kier alpha value is -2.98. The molecule has 3 aromatic carbocycles. The third kappa shape index (κ3) is 8.03. The van der Waals surface area contributed by atoms with Crippen molar-refractivity contribution in [3.63, 3.8) is 0 Å². The lowest BCUT2D eigenvalue weighted by molar-refractivity contribution is -0.117. The molecule has 5 nitrogen and oxygen atoms in total. The molecule has 3 aromatic rings. The molecule has 0 unspecified atom stereocenters. The maximum Gasteiger partial charge on any atom is 0.261 e. The number of hydrogen-bond donors (Lipinski definition) is 1. The molecule has 0 fully saturated rings. The van der Waals surface area contributed by atoms with E-state index in [9.17, 15) is 10.1 Å². The Morgan fingerprint density at radius 1 is 1.06 bits per heavy atom. The summed E-state index contributed by atoms with van der Waals surface area (Å²) in [6, 6.07) is 20.8. The van der Waals surface area contributed by atoms with E-state index in [1.165, 1.54) is 11.6 Å². The van der Waals surface area contributed by atoms with Gasteiger partial charge in [-0.1, -0.05) is 59.6 Å². The van der Waals surface area contributed by atoms with Crippen molar-refractivity contribution in [3.05, 3.63) is 97.4 Å². The van der Waals surface area contributed by atoms with Gasteiger partial charge in [-0.05, 0) is 82.7 Å². The quantitative estimate of drug-likeness (QED) is 0.144. The summed E-state index contributed by atoms with van der Waals surface area (Å²) in [5.41, 5.74) is 2.69. The van der Waals surface area contributed by atoms with Crippen LogP contribution in [0, 0.1) is 11.3 Å². The van der Waals surface area contributed by atoms with Crippen molar-refractivity contribution >= 4 is 51.1 Å². The Kier molecular flexibility index (Phi) is 10.7. The topological polar surface area (TPSA) is 71.3 Å². The summed E-state index contributed by atoms with van der Waals surface area (Å²) in [6.07, 6.45) is 3.16. The summed E-state index contributed by atoms with van der Waals surface area (Å²) in [4.78, 5) is 12.6. The maximum absolute atomic E-state index is 12.6. The molecule has 186 valence electrons. The number of carbonyl (C=O) groups is 1. The molecule has 0 aliphatic heterocycles. The van der Waals surface area contributed by atoms with Gasteiger partial charge in [0, 0.05) is 6.54 Å². The number of hydrogen-bond acceptors (Lipinski definition) is 4. The van der Waals surface area contributed by atoms with Crippen LogP contribution >= 0.6 is 39.1 Å². The van der Waals surface area contributed by atoms with Gasteiger partial charge in [0.25, 0.3) is 5.91 Å². The molecular formula is C28H25BrCl2N2O3. The molecule has 0 bridgehead atoms. The number of aryl methyl sites for hydroxylation is 1. The molecule has 0 aliphatic carbocycles. The van der Waals surface area contributed by atoms with Crippen LogP contribution in [0.15, 0.2) is 70.7 Å². The molecule has 1 N–H and O–H groups in total. The van der Waals surface area contributed by atoms with Crippen LogP contribution in [0.3, 0.4) is 0 Å². The van der Waals surface area contributed by atoms with Crippen LogP contribution in [-0.4, -0.2) is 19.1 Å². The Morgan fingerprint density at radius 3 is 2.53 bits per heavy atom. The van der Waals surface area contributed by atoms with Crippen molar-refractivity contribution < 1.29 is 14.3 Å². The molecule has 36 heavy (non-hydrogen) atoms. The fourth-order valence-electron chi connectivity index (χ4n) is 3.41. The van der Waals surface area contributed by atoms with Gasteiger partial charge in [0.05, 0.1) is 21.1 Å². The number of nitrogens with zero attached hydrogens (tertiary/aromatic N) is 1. The number of carbonyl (C=O) groups excluding carboxylic acids is 1. The third-order valence-electron chi connectivity index (χ3n) is 5.15. The molecule has 0 saturated heterocycles. The summed E-state index contributed by atoms with van der Waals surface area (Å²) in [5.74, 6) is 0.572. The van der Waals surface area contributed by atoms with Gasteiger partial charge in [-0.25, -0.2) is 0 Å². The van der Waals surface area contributed by atoms with Gasteiger partial charge in [-0.3, -0.25) is 4.79 Å². The number of benzene rings is 3. The van der Waals surface area contributed by atoms with Gasteiger partial charge >= 0.3 is 0 Å². The second-order valence-corrected chi connectivity index (χ2v) is 9.48.